The summed E-state index contributed by atoms with van der Waals surface area (Å²) in [5.41, 5.74) is 0.772. The Kier molecular flexibility index (Phi) is 4.14. The molecule has 0 atom stereocenters. The molecule has 0 aromatic heterocycles. The topological polar surface area (TPSA) is 48.0 Å². The Morgan fingerprint density at radius 2 is 1.91 bits per heavy atom. The van der Waals surface area contributed by atoms with Gasteiger partial charge in [0.25, 0.3) is 0 Å². The highest BCUT2D eigenvalue weighted by Gasteiger charge is 2.17. The van der Waals surface area contributed by atoms with Crippen molar-refractivity contribution < 1.29 is 19.0 Å². The Labute approximate surface area is 129 Å². The molecular formula is C17H17NO4. The van der Waals surface area contributed by atoms with Crippen molar-refractivity contribution in [2.45, 2.75) is 6.42 Å². The Hall–Kier alpha value is -2.69. The summed E-state index contributed by atoms with van der Waals surface area (Å²) in [6.45, 7) is 0.569. The number of anilines is 1. The number of benzene rings is 2. The molecule has 0 N–H and O–H groups in total. The van der Waals surface area contributed by atoms with Gasteiger partial charge in [0.15, 0.2) is 11.5 Å². The van der Waals surface area contributed by atoms with E-state index in [1.165, 1.54) is 0 Å². The van der Waals surface area contributed by atoms with Gasteiger partial charge in [-0.15, -0.1) is 0 Å². The third-order valence-electron chi connectivity index (χ3n) is 3.45. The fourth-order valence-electron chi connectivity index (χ4n) is 2.18. The second-order valence-corrected chi connectivity index (χ2v) is 4.90. The van der Waals surface area contributed by atoms with Crippen LogP contribution in [0.3, 0.4) is 0 Å². The van der Waals surface area contributed by atoms with E-state index in [9.17, 15) is 4.79 Å². The summed E-state index contributed by atoms with van der Waals surface area (Å²) in [5.74, 6) is 2.12. The van der Waals surface area contributed by atoms with E-state index < -0.39 is 0 Å². The number of ether oxygens (including phenoxy) is 3. The zero-order valence-electron chi connectivity index (χ0n) is 12.3. The molecule has 0 spiro atoms. The molecule has 22 heavy (non-hydrogen) atoms. The molecule has 0 fully saturated rings. The Bertz CT molecular complexity index is 657. The molecule has 114 valence electrons. The van der Waals surface area contributed by atoms with Gasteiger partial charge in [0.1, 0.15) is 5.75 Å². The number of fused-ring (bicyclic) bond motifs is 1. The number of hydrogen-bond donors (Lipinski definition) is 0. The van der Waals surface area contributed by atoms with E-state index in [0.29, 0.717) is 24.5 Å². The van der Waals surface area contributed by atoms with Gasteiger partial charge in [0.2, 0.25) is 12.7 Å². The summed E-state index contributed by atoms with van der Waals surface area (Å²) in [4.78, 5) is 13.8. The number of rotatable bonds is 5. The highest BCUT2D eigenvalue weighted by atomic mass is 16.7. The highest BCUT2D eigenvalue weighted by Crippen LogP contribution is 2.35. The fourth-order valence-corrected chi connectivity index (χ4v) is 2.18. The number of amides is 1. The van der Waals surface area contributed by atoms with Crippen molar-refractivity contribution in [2.24, 2.45) is 0 Å². The van der Waals surface area contributed by atoms with Gasteiger partial charge in [0, 0.05) is 18.8 Å². The van der Waals surface area contributed by atoms with E-state index in [4.69, 9.17) is 14.2 Å². The van der Waals surface area contributed by atoms with E-state index >= 15 is 0 Å². The minimum atomic E-state index is -0.0187. The lowest BCUT2D eigenvalue weighted by Crippen LogP contribution is -2.27. The highest BCUT2D eigenvalue weighted by molar-refractivity contribution is 5.93. The predicted octanol–water partition coefficient (Wildman–Crippen LogP) is 2.85. The zero-order chi connectivity index (χ0) is 15.4. The van der Waals surface area contributed by atoms with Crippen molar-refractivity contribution >= 4 is 11.6 Å². The van der Waals surface area contributed by atoms with Crippen LogP contribution in [0.5, 0.6) is 17.2 Å². The molecule has 0 aliphatic carbocycles. The van der Waals surface area contributed by atoms with Crippen molar-refractivity contribution in [3.63, 3.8) is 0 Å². The first kappa shape index (κ1) is 14.3. The van der Waals surface area contributed by atoms with Gasteiger partial charge < -0.3 is 19.1 Å². The SMILES string of the molecule is CN(C(=O)CCOc1ccccc1)c1ccc2c(c1)OCO2. The third-order valence-corrected chi connectivity index (χ3v) is 3.45. The van der Waals surface area contributed by atoms with E-state index in [1.807, 2.05) is 42.5 Å². The normalized spacial score (nSPS) is 12.0. The lowest BCUT2D eigenvalue weighted by Gasteiger charge is -2.18. The van der Waals surface area contributed by atoms with Crippen LogP contribution in [0.25, 0.3) is 0 Å². The number of carbonyl (C=O) groups excluding carboxylic acids is 1. The average Bonchev–Trinajstić information content (AvgIpc) is 3.02. The van der Waals surface area contributed by atoms with Crippen molar-refractivity contribution in [3.8, 4) is 17.2 Å². The number of nitrogens with zero attached hydrogens (tertiary/aromatic N) is 1. The van der Waals surface area contributed by atoms with Crippen LogP contribution >= 0.6 is 0 Å². The summed E-state index contributed by atoms with van der Waals surface area (Å²) in [6, 6.07) is 14.9. The minimum absolute atomic E-state index is 0.0187. The molecule has 3 rings (SSSR count). The molecule has 0 radical (unpaired) electrons. The van der Waals surface area contributed by atoms with Gasteiger partial charge in [0.05, 0.1) is 13.0 Å². The van der Waals surface area contributed by atoms with Gasteiger partial charge >= 0.3 is 0 Å². The lowest BCUT2D eigenvalue weighted by atomic mass is 10.2. The predicted molar refractivity (Wildman–Crippen MR) is 82.5 cm³/mol. The van der Waals surface area contributed by atoms with E-state index in [2.05, 4.69) is 0 Å². The monoisotopic (exact) mass is 299 g/mol. The average molecular weight is 299 g/mol. The van der Waals surface area contributed by atoms with Crippen LogP contribution < -0.4 is 19.1 Å². The second-order valence-electron chi connectivity index (χ2n) is 4.90. The van der Waals surface area contributed by atoms with Gasteiger partial charge in [-0.25, -0.2) is 0 Å². The smallest absolute Gasteiger partial charge is 0.231 e. The maximum atomic E-state index is 12.2. The molecule has 0 unspecified atom stereocenters. The maximum absolute atomic E-state index is 12.2. The molecule has 5 heteroatoms. The van der Waals surface area contributed by atoms with Crippen molar-refractivity contribution in [3.05, 3.63) is 48.5 Å². The molecule has 2 aromatic carbocycles. The molecule has 2 aromatic rings. The molecule has 0 bridgehead atoms. The lowest BCUT2D eigenvalue weighted by molar-refractivity contribution is -0.118. The van der Waals surface area contributed by atoms with E-state index in [1.54, 1.807) is 18.0 Å². The summed E-state index contributed by atoms with van der Waals surface area (Å²) >= 11 is 0. The number of carbonyl (C=O) groups is 1. The minimum Gasteiger partial charge on any atom is -0.493 e. The molecule has 1 aliphatic heterocycles. The quantitative estimate of drug-likeness (QED) is 0.852. The van der Waals surface area contributed by atoms with Gasteiger partial charge in [-0.1, -0.05) is 18.2 Å². The largest absolute Gasteiger partial charge is 0.493 e. The van der Waals surface area contributed by atoms with Crippen molar-refractivity contribution in [1.29, 1.82) is 0 Å². The van der Waals surface area contributed by atoms with E-state index in [0.717, 1.165) is 11.4 Å². The second kappa shape index (κ2) is 6.39. The first-order chi connectivity index (χ1) is 10.7. The molecule has 1 amide bonds. The summed E-state index contributed by atoms with van der Waals surface area (Å²) < 4.78 is 16.1. The maximum Gasteiger partial charge on any atom is 0.231 e. The van der Waals surface area contributed by atoms with Crippen molar-refractivity contribution in [1.82, 2.24) is 0 Å². The third kappa shape index (κ3) is 3.14. The molecule has 0 saturated carbocycles. The molecule has 0 saturated heterocycles. The van der Waals surface area contributed by atoms with Crippen LogP contribution in [0.1, 0.15) is 6.42 Å². The van der Waals surface area contributed by atoms with Crippen LogP contribution in [-0.4, -0.2) is 26.4 Å². The summed E-state index contributed by atoms with van der Waals surface area (Å²) in [6.07, 6.45) is 0.305. The summed E-state index contributed by atoms with van der Waals surface area (Å²) in [5, 5.41) is 0. The van der Waals surface area contributed by atoms with Crippen LogP contribution in [0.15, 0.2) is 48.5 Å². The van der Waals surface area contributed by atoms with Gasteiger partial charge in [-0.3, -0.25) is 4.79 Å². The van der Waals surface area contributed by atoms with Crippen LogP contribution in [-0.2, 0) is 4.79 Å². The molecule has 1 aliphatic rings. The Balaban J connectivity index is 1.55. The molecular weight excluding hydrogens is 282 g/mol. The molecule has 5 nitrogen and oxygen atoms in total. The van der Waals surface area contributed by atoms with Crippen molar-refractivity contribution in [2.75, 3.05) is 25.3 Å². The van der Waals surface area contributed by atoms with Gasteiger partial charge in [-0.2, -0.15) is 0 Å². The standard InChI is InChI=1S/C17H17NO4/c1-18(13-7-8-15-16(11-13)22-12-21-15)17(19)9-10-20-14-5-3-2-4-6-14/h2-8,11H,9-10,12H2,1H3. The van der Waals surface area contributed by atoms with Crippen LogP contribution in [0.2, 0.25) is 0 Å². The number of para-hydroxylation sites is 1. The Morgan fingerprint density at radius 1 is 1.14 bits per heavy atom. The first-order valence-corrected chi connectivity index (χ1v) is 7.08. The van der Waals surface area contributed by atoms with Gasteiger partial charge in [-0.05, 0) is 24.3 Å². The Morgan fingerprint density at radius 3 is 2.73 bits per heavy atom. The summed E-state index contributed by atoms with van der Waals surface area (Å²) in [7, 11) is 1.74. The first-order valence-electron chi connectivity index (χ1n) is 7.08. The van der Waals surface area contributed by atoms with Crippen LogP contribution in [0.4, 0.5) is 5.69 Å². The van der Waals surface area contributed by atoms with Crippen LogP contribution in [0, 0.1) is 0 Å². The fraction of sp³-hybridized carbons (Fsp3) is 0.235. The van der Waals surface area contributed by atoms with E-state index in [-0.39, 0.29) is 12.7 Å². The zero-order valence-corrected chi connectivity index (χ0v) is 12.3. The number of hydrogen-bond acceptors (Lipinski definition) is 4. The molecule has 1 heterocycles.